The topological polar surface area (TPSA) is 46.8 Å². The van der Waals surface area contributed by atoms with Crippen LogP contribution in [0.2, 0.25) is 0 Å². The van der Waals surface area contributed by atoms with Crippen molar-refractivity contribution in [1.82, 2.24) is 25.1 Å². The molecular formula is C8H16BrN5. The van der Waals surface area contributed by atoms with Crippen LogP contribution in [-0.2, 0) is 13.6 Å². The Kier molecular flexibility index (Phi) is 4.47. The van der Waals surface area contributed by atoms with Crippen LogP contribution in [0, 0.1) is 0 Å². The fraction of sp³-hybridized carbons (Fsp3) is 0.875. The Morgan fingerprint density at radius 3 is 2.64 bits per heavy atom. The van der Waals surface area contributed by atoms with E-state index in [0.29, 0.717) is 6.04 Å². The first kappa shape index (κ1) is 11.6. The van der Waals surface area contributed by atoms with Gasteiger partial charge in [0.1, 0.15) is 0 Å². The summed E-state index contributed by atoms with van der Waals surface area (Å²) in [4.78, 5) is 3.79. The lowest BCUT2D eigenvalue weighted by molar-refractivity contribution is 0.221. The van der Waals surface area contributed by atoms with E-state index in [2.05, 4.69) is 50.1 Å². The predicted molar refractivity (Wildman–Crippen MR) is 58.1 cm³/mol. The third-order valence-corrected chi connectivity index (χ3v) is 2.35. The van der Waals surface area contributed by atoms with Crippen molar-refractivity contribution in [3.8, 4) is 0 Å². The zero-order valence-electron chi connectivity index (χ0n) is 8.81. The number of tetrazole rings is 1. The molecule has 0 bridgehead atoms. The third kappa shape index (κ3) is 3.34. The first-order valence-electron chi connectivity index (χ1n) is 4.66. The number of rotatable bonds is 5. The molecule has 1 rings (SSSR count). The van der Waals surface area contributed by atoms with Crippen molar-refractivity contribution in [1.29, 1.82) is 0 Å². The Balaban J connectivity index is 2.55. The number of nitrogens with zero attached hydrogens (tertiary/aromatic N) is 5. The molecular weight excluding hydrogens is 246 g/mol. The normalized spacial score (nSPS) is 11.6. The zero-order valence-corrected chi connectivity index (χ0v) is 10.4. The molecule has 80 valence electrons. The second-order valence-electron chi connectivity index (χ2n) is 3.45. The van der Waals surface area contributed by atoms with Crippen LogP contribution in [0.5, 0.6) is 0 Å². The molecule has 0 aromatic carbocycles. The van der Waals surface area contributed by atoms with E-state index in [9.17, 15) is 0 Å². The number of aromatic nitrogens is 4. The lowest BCUT2D eigenvalue weighted by Gasteiger charge is -2.23. The van der Waals surface area contributed by atoms with E-state index in [0.717, 1.165) is 24.2 Å². The highest BCUT2D eigenvalue weighted by Gasteiger charge is 2.11. The molecule has 0 spiro atoms. The quantitative estimate of drug-likeness (QED) is 0.737. The van der Waals surface area contributed by atoms with Crippen molar-refractivity contribution >= 4 is 15.9 Å². The van der Waals surface area contributed by atoms with Gasteiger partial charge < -0.3 is 0 Å². The highest BCUT2D eigenvalue weighted by atomic mass is 79.9. The second-order valence-corrected chi connectivity index (χ2v) is 4.24. The summed E-state index contributed by atoms with van der Waals surface area (Å²) in [7, 11) is 1.78. The maximum Gasteiger partial charge on any atom is 0.188 e. The van der Waals surface area contributed by atoms with Gasteiger partial charge in [0, 0.05) is 17.9 Å². The second kappa shape index (κ2) is 5.41. The number of aryl methyl sites for hydroxylation is 1. The molecule has 0 aliphatic heterocycles. The molecule has 0 saturated carbocycles. The van der Waals surface area contributed by atoms with Crippen molar-refractivity contribution in [2.45, 2.75) is 26.4 Å². The molecule has 0 fully saturated rings. The monoisotopic (exact) mass is 261 g/mol. The Labute approximate surface area is 92.6 Å². The van der Waals surface area contributed by atoms with Crippen molar-refractivity contribution in [3.05, 3.63) is 5.82 Å². The number of hydrogen-bond acceptors (Lipinski definition) is 4. The number of halogens is 1. The first-order valence-corrected chi connectivity index (χ1v) is 5.78. The van der Waals surface area contributed by atoms with Gasteiger partial charge in [-0.2, -0.15) is 4.80 Å². The highest BCUT2D eigenvalue weighted by Crippen LogP contribution is 2.03. The van der Waals surface area contributed by atoms with E-state index < -0.39 is 0 Å². The minimum absolute atomic E-state index is 0.497. The van der Waals surface area contributed by atoms with Crippen LogP contribution in [0.3, 0.4) is 0 Å². The highest BCUT2D eigenvalue weighted by molar-refractivity contribution is 9.09. The van der Waals surface area contributed by atoms with Gasteiger partial charge in [-0.3, -0.25) is 4.90 Å². The van der Waals surface area contributed by atoms with Gasteiger partial charge in [0.05, 0.1) is 13.6 Å². The smallest absolute Gasteiger partial charge is 0.188 e. The lowest BCUT2D eigenvalue weighted by atomic mass is 10.3. The van der Waals surface area contributed by atoms with Crippen LogP contribution in [0.1, 0.15) is 19.7 Å². The fourth-order valence-corrected chi connectivity index (χ4v) is 1.65. The Morgan fingerprint density at radius 2 is 2.21 bits per heavy atom. The summed E-state index contributed by atoms with van der Waals surface area (Å²) in [5.41, 5.74) is 0. The van der Waals surface area contributed by atoms with Crippen molar-refractivity contribution in [3.63, 3.8) is 0 Å². The zero-order chi connectivity index (χ0) is 10.6. The molecule has 1 aromatic heterocycles. The van der Waals surface area contributed by atoms with Crippen LogP contribution in [-0.4, -0.2) is 43.0 Å². The minimum Gasteiger partial charge on any atom is -0.293 e. The third-order valence-electron chi connectivity index (χ3n) is 2.00. The molecule has 0 radical (unpaired) electrons. The van der Waals surface area contributed by atoms with Crippen LogP contribution in [0.4, 0.5) is 0 Å². The fourth-order valence-electron chi connectivity index (χ4n) is 1.20. The number of alkyl halides is 1. The predicted octanol–water partition coefficient (Wildman–Crippen LogP) is 0.815. The largest absolute Gasteiger partial charge is 0.293 e. The van der Waals surface area contributed by atoms with Gasteiger partial charge in [-0.1, -0.05) is 15.9 Å². The van der Waals surface area contributed by atoms with Crippen molar-refractivity contribution < 1.29 is 0 Å². The average Bonchev–Trinajstić information content (AvgIpc) is 2.50. The first-order chi connectivity index (χ1) is 6.63. The maximum atomic E-state index is 4.15. The van der Waals surface area contributed by atoms with E-state index in [1.54, 1.807) is 7.05 Å². The van der Waals surface area contributed by atoms with Crippen LogP contribution >= 0.6 is 15.9 Å². The molecule has 0 atom stereocenters. The Morgan fingerprint density at radius 1 is 1.50 bits per heavy atom. The van der Waals surface area contributed by atoms with E-state index in [4.69, 9.17) is 0 Å². The summed E-state index contributed by atoms with van der Waals surface area (Å²) in [5.74, 6) is 0.780. The van der Waals surface area contributed by atoms with Crippen LogP contribution in [0.15, 0.2) is 0 Å². The molecule has 0 aliphatic rings. The molecule has 0 aliphatic carbocycles. The van der Waals surface area contributed by atoms with E-state index in [1.807, 2.05) is 0 Å². The van der Waals surface area contributed by atoms with E-state index >= 15 is 0 Å². The summed E-state index contributed by atoms with van der Waals surface area (Å²) < 4.78 is 0. The van der Waals surface area contributed by atoms with Crippen molar-refractivity contribution in [2.75, 3.05) is 11.9 Å². The summed E-state index contributed by atoms with van der Waals surface area (Å²) in [6, 6.07) is 0.497. The summed E-state index contributed by atoms with van der Waals surface area (Å²) in [5, 5.41) is 12.9. The minimum atomic E-state index is 0.497. The lowest BCUT2D eigenvalue weighted by Crippen LogP contribution is -2.32. The molecule has 1 aromatic rings. The van der Waals surface area contributed by atoms with Crippen LogP contribution in [0.25, 0.3) is 0 Å². The van der Waals surface area contributed by atoms with Gasteiger partial charge >= 0.3 is 0 Å². The summed E-state index contributed by atoms with van der Waals surface area (Å²) in [6.45, 7) is 6.09. The molecule has 0 unspecified atom stereocenters. The van der Waals surface area contributed by atoms with Gasteiger partial charge in [-0.15, -0.1) is 10.2 Å². The molecule has 0 N–H and O–H groups in total. The van der Waals surface area contributed by atoms with Gasteiger partial charge in [0.2, 0.25) is 0 Å². The molecule has 0 saturated heterocycles. The summed E-state index contributed by atoms with van der Waals surface area (Å²) in [6.07, 6.45) is 0. The molecule has 6 heteroatoms. The number of hydrogen-bond donors (Lipinski definition) is 0. The molecule has 14 heavy (non-hydrogen) atoms. The molecule has 5 nitrogen and oxygen atoms in total. The van der Waals surface area contributed by atoms with E-state index in [-0.39, 0.29) is 0 Å². The average molecular weight is 262 g/mol. The van der Waals surface area contributed by atoms with Gasteiger partial charge in [0.15, 0.2) is 5.82 Å². The van der Waals surface area contributed by atoms with Gasteiger partial charge in [-0.05, 0) is 19.1 Å². The maximum absolute atomic E-state index is 4.15. The SMILES string of the molecule is CC(C)N(CCBr)Cc1nnn(C)n1. The van der Waals surface area contributed by atoms with Gasteiger partial charge in [0.25, 0.3) is 0 Å². The molecule has 0 amide bonds. The standard InChI is InChI=1S/C8H16BrN5/c1-7(2)14(5-4-9)6-8-10-12-13(3)11-8/h7H,4-6H2,1-3H3. The molecule has 1 heterocycles. The Hall–Kier alpha value is -0.490. The summed E-state index contributed by atoms with van der Waals surface area (Å²) >= 11 is 3.43. The Bertz CT molecular complexity index is 272. The van der Waals surface area contributed by atoms with Gasteiger partial charge in [-0.25, -0.2) is 0 Å². The van der Waals surface area contributed by atoms with E-state index in [1.165, 1.54) is 4.80 Å². The van der Waals surface area contributed by atoms with Crippen LogP contribution < -0.4 is 0 Å². The van der Waals surface area contributed by atoms with Crippen molar-refractivity contribution in [2.24, 2.45) is 7.05 Å².